The van der Waals surface area contributed by atoms with Crippen molar-refractivity contribution in [3.8, 4) is 0 Å². The van der Waals surface area contributed by atoms with Crippen molar-refractivity contribution in [1.29, 1.82) is 0 Å². The van der Waals surface area contributed by atoms with E-state index in [1.807, 2.05) is 11.8 Å². The van der Waals surface area contributed by atoms with Gasteiger partial charge in [-0.15, -0.1) is 0 Å². The fourth-order valence-electron chi connectivity index (χ4n) is 2.44. The van der Waals surface area contributed by atoms with Crippen LogP contribution in [0.1, 0.15) is 18.9 Å². The second-order valence-electron chi connectivity index (χ2n) is 5.39. The van der Waals surface area contributed by atoms with E-state index in [-0.39, 0.29) is 11.9 Å². The van der Waals surface area contributed by atoms with Gasteiger partial charge in [-0.25, -0.2) is 0 Å². The number of aryl methyl sites for hydroxylation is 1. The Morgan fingerprint density at radius 1 is 1.32 bits per heavy atom. The number of benzene rings is 1. The normalized spacial score (nSPS) is 17.4. The Hall–Kier alpha value is -1.55. The van der Waals surface area contributed by atoms with E-state index in [0.29, 0.717) is 6.42 Å². The van der Waals surface area contributed by atoms with Gasteiger partial charge in [0.25, 0.3) is 0 Å². The van der Waals surface area contributed by atoms with Crippen LogP contribution in [0.4, 0.5) is 5.69 Å². The highest BCUT2D eigenvalue weighted by Gasteiger charge is 2.21. The topological polar surface area (TPSA) is 49.6 Å². The average molecular weight is 261 g/mol. The van der Waals surface area contributed by atoms with Crippen LogP contribution in [0.15, 0.2) is 24.3 Å². The second-order valence-corrected chi connectivity index (χ2v) is 5.39. The molecule has 0 radical (unpaired) electrons. The van der Waals surface area contributed by atoms with Crippen molar-refractivity contribution in [3.05, 3.63) is 29.8 Å². The Balaban J connectivity index is 1.90. The largest absolute Gasteiger partial charge is 0.368 e. The highest BCUT2D eigenvalue weighted by molar-refractivity contribution is 5.77. The molecule has 1 aliphatic heterocycles. The van der Waals surface area contributed by atoms with E-state index < -0.39 is 0 Å². The van der Waals surface area contributed by atoms with E-state index in [2.05, 4.69) is 36.1 Å². The minimum absolute atomic E-state index is 0.0534. The van der Waals surface area contributed by atoms with E-state index in [0.717, 1.165) is 26.2 Å². The van der Waals surface area contributed by atoms with E-state index in [1.54, 1.807) is 0 Å². The highest BCUT2D eigenvalue weighted by Crippen LogP contribution is 2.18. The smallest absolute Gasteiger partial charge is 0.224 e. The van der Waals surface area contributed by atoms with Crippen LogP contribution in [0.5, 0.6) is 0 Å². The van der Waals surface area contributed by atoms with Gasteiger partial charge in [0.15, 0.2) is 0 Å². The van der Waals surface area contributed by atoms with Crippen LogP contribution in [-0.2, 0) is 4.79 Å². The summed E-state index contributed by atoms with van der Waals surface area (Å²) >= 11 is 0. The quantitative estimate of drug-likeness (QED) is 0.894. The summed E-state index contributed by atoms with van der Waals surface area (Å²) in [5.41, 5.74) is 8.20. The van der Waals surface area contributed by atoms with Crippen molar-refractivity contribution >= 4 is 11.6 Å². The number of rotatable bonds is 3. The van der Waals surface area contributed by atoms with Gasteiger partial charge < -0.3 is 15.5 Å². The van der Waals surface area contributed by atoms with Gasteiger partial charge in [0, 0.05) is 44.3 Å². The minimum atomic E-state index is -0.0534. The average Bonchev–Trinajstić information content (AvgIpc) is 2.38. The van der Waals surface area contributed by atoms with Gasteiger partial charge >= 0.3 is 0 Å². The summed E-state index contributed by atoms with van der Waals surface area (Å²) in [5, 5.41) is 0. The number of anilines is 1. The molecule has 0 saturated carbocycles. The summed E-state index contributed by atoms with van der Waals surface area (Å²) in [6.07, 6.45) is 0.449. The number of amides is 1. The van der Waals surface area contributed by atoms with Crippen molar-refractivity contribution in [2.24, 2.45) is 5.73 Å². The zero-order valence-corrected chi connectivity index (χ0v) is 11.8. The number of carbonyl (C=O) groups excluding carboxylic acids is 1. The van der Waals surface area contributed by atoms with Crippen molar-refractivity contribution in [2.75, 3.05) is 31.1 Å². The van der Waals surface area contributed by atoms with Crippen LogP contribution in [0.3, 0.4) is 0 Å². The molecule has 0 spiro atoms. The molecule has 2 rings (SSSR count). The number of piperazine rings is 1. The van der Waals surface area contributed by atoms with E-state index >= 15 is 0 Å². The zero-order valence-electron chi connectivity index (χ0n) is 11.8. The van der Waals surface area contributed by atoms with E-state index in [4.69, 9.17) is 5.73 Å². The van der Waals surface area contributed by atoms with Crippen molar-refractivity contribution < 1.29 is 4.79 Å². The molecule has 1 saturated heterocycles. The molecule has 1 aromatic rings. The molecule has 4 heteroatoms. The number of nitrogens with two attached hydrogens (primary N) is 1. The van der Waals surface area contributed by atoms with Gasteiger partial charge in [-0.05, 0) is 31.5 Å². The third-order valence-corrected chi connectivity index (χ3v) is 3.50. The summed E-state index contributed by atoms with van der Waals surface area (Å²) in [7, 11) is 0. The van der Waals surface area contributed by atoms with Crippen LogP contribution in [0, 0.1) is 6.92 Å². The molecule has 0 bridgehead atoms. The molecule has 1 amide bonds. The molecule has 0 aromatic heterocycles. The maximum atomic E-state index is 11.9. The third kappa shape index (κ3) is 3.70. The summed E-state index contributed by atoms with van der Waals surface area (Å²) < 4.78 is 0. The van der Waals surface area contributed by atoms with Gasteiger partial charge in [-0.2, -0.15) is 0 Å². The van der Waals surface area contributed by atoms with E-state index in [1.165, 1.54) is 11.3 Å². The second kappa shape index (κ2) is 6.06. The maximum absolute atomic E-state index is 11.9. The van der Waals surface area contributed by atoms with Gasteiger partial charge in [0.1, 0.15) is 0 Å². The number of carbonyl (C=O) groups is 1. The molecule has 1 atom stereocenters. The van der Waals surface area contributed by atoms with Gasteiger partial charge in [0.2, 0.25) is 5.91 Å². The maximum Gasteiger partial charge on any atom is 0.224 e. The van der Waals surface area contributed by atoms with Crippen LogP contribution in [0.2, 0.25) is 0 Å². The molecule has 1 aromatic carbocycles. The molecule has 2 N–H and O–H groups in total. The van der Waals surface area contributed by atoms with Gasteiger partial charge in [-0.1, -0.05) is 12.1 Å². The summed E-state index contributed by atoms with van der Waals surface area (Å²) in [5.74, 6) is 0.180. The molecule has 1 fully saturated rings. The lowest BCUT2D eigenvalue weighted by Crippen LogP contribution is -2.49. The highest BCUT2D eigenvalue weighted by atomic mass is 16.2. The van der Waals surface area contributed by atoms with Gasteiger partial charge in [0.05, 0.1) is 0 Å². The number of hydrogen-bond acceptors (Lipinski definition) is 3. The lowest BCUT2D eigenvalue weighted by Gasteiger charge is -2.36. The van der Waals surface area contributed by atoms with Crippen LogP contribution in [-0.4, -0.2) is 43.0 Å². The first kappa shape index (κ1) is 13.9. The first-order valence-corrected chi connectivity index (χ1v) is 6.91. The van der Waals surface area contributed by atoms with Crippen LogP contribution >= 0.6 is 0 Å². The Morgan fingerprint density at radius 2 is 2.00 bits per heavy atom. The Kier molecular flexibility index (Phi) is 4.43. The van der Waals surface area contributed by atoms with Crippen LogP contribution < -0.4 is 10.6 Å². The molecular weight excluding hydrogens is 238 g/mol. The molecule has 1 unspecified atom stereocenters. The molecule has 0 aliphatic carbocycles. The molecule has 4 nitrogen and oxygen atoms in total. The first-order valence-electron chi connectivity index (χ1n) is 6.91. The van der Waals surface area contributed by atoms with Crippen LogP contribution in [0.25, 0.3) is 0 Å². The minimum Gasteiger partial charge on any atom is -0.368 e. The van der Waals surface area contributed by atoms with Crippen molar-refractivity contribution in [2.45, 2.75) is 26.3 Å². The summed E-state index contributed by atoms with van der Waals surface area (Å²) in [6.45, 7) is 7.36. The number of hydrogen-bond donors (Lipinski definition) is 1. The Bertz CT molecular complexity index is 437. The predicted molar refractivity (Wildman–Crippen MR) is 78.2 cm³/mol. The molecule has 19 heavy (non-hydrogen) atoms. The lowest BCUT2D eigenvalue weighted by atomic mass is 10.1. The Morgan fingerprint density at radius 3 is 2.58 bits per heavy atom. The zero-order chi connectivity index (χ0) is 13.8. The summed E-state index contributed by atoms with van der Waals surface area (Å²) in [6, 6.07) is 8.46. The summed E-state index contributed by atoms with van der Waals surface area (Å²) in [4.78, 5) is 16.2. The lowest BCUT2D eigenvalue weighted by molar-refractivity contribution is -0.131. The predicted octanol–water partition coefficient (Wildman–Crippen LogP) is 1.38. The first-order chi connectivity index (χ1) is 9.06. The fraction of sp³-hybridized carbons (Fsp3) is 0.533. The molecule has 1 heterocycles. The SMILES string of the molecule is Cc1cccc(N2CCN(C(=O)CC(C)N)CC2)c1. The monoisotopic (exact) mass is 261 g/mol. The molecular formula is C15H23N3O. The van der Waals surface area contributed by atoms with Gasteiger partial charge in [-0.3, -0.25) is 4.79 Å². The third-order valence-electron chi connectivity index (χ3n) is 3.50. The standard InChI is InChI=1S/C15H23N3O/c1-12-4-3-5-14(10-12)17-6-8-18(9-7-17)15(19)11-13(2)16/h3-5,10,13H,6-9,11,16H2,1-2H3. The number of nitrogens with zero attached hydrogens (tertiary/aromatic N) is 2. The van der Waals surface area contributed by atoms with E-state index in [9.17, 15) is 4.79 Å². The fourth-order valence-corrected chi connectivity index (χ4v) is 2.44. The van der Waals surface area contributed by atoms with Crippen molar-refractivity contribution in [1.82, 2.24) is 4.90 Å². The Labute approximate surface area is 115 Å². The molecule has 1 aliphatic rings. The molecule has 104 valence electrons. The van der Waals surface area contributed by atoms with Crippen molar-refractivity contribution in [3.63, 3.8) is 0 Å².